The summed E-state index contributed by atoms with van der Waals surface area (Å²) in [5.41, 5.74) is 1.17. The van der Waals surface area contributed by atoms with Crippen LogP contribution >= 0.6 is 0 Å². The van der Waals surface area contributed by atoms with Crippen molar-refractivity contribution >= 4 is 15.9 Å². The smallest absolute Gasteiger partial charge is 0.415 e. The third kappa shape index (κ3) is 6.99. The summed E-state index contributed by atoms with van der Waals surface area (Å²) in [4.78, 5) is 14.5. The van der Waals surface area contributed by atoms with E-state index in [9.17, 15) is 13.2 Å². The minimum absolute atomic E-state index is 0.291. The van der Waals surface area contributed by atoms with Crippen molar-refractivity contribution in [3.63, 3.8) is 0 Å². The molecule has 0 spiro atoms. The van der Waals surface area contributed by atoms with Gasteiger partial charge in [0.25, 0.3) is 0 Å². The SMILES string of the molecule is COc1ccc(OC(=O)N2CCC(CCCCc3ccc(S(C)(=O)=O)cc3)CC2)cc1. The van der Waals surface area contributed by atoms with Gasteiger partial charge in [-0.25, -0.2) is 13.2 Å². The molecule has 0 radical (unpaired) electrons. The Kier molecular flexibility index (Phi) is 7.96. The number of hydrogen-bond acceptors (Lipinski definition) is 5. The minimum atomic E-state index is -3.13. The number of hydrogen-bond donors (Lipinski definition) is 0. The molecule has 0 bridgehead atoms. The van der Waals surface area contributed by atoms with Crippen LogP contribution in [0.1, 0.15) is 37.7 Å². The van der Waals surface area contributed by atoms with E-state index < -0.39 is 9.84 Å². The number of nitrogens with zero attached hydrogens (tertiary/aromatic N) is 1. The average molecular weight is 446 g/mol. The fourth-order valence-corrected chi connectivity index (χ4v) is 4.51. The Hall–Kier alpha value is -2.54. The van der Waals surface area contributed by atoms with Gasteiger partial charge in [0.2, 0.25) is 0 Å². The first kappa shape index (κ1) is 23.1. The molecule has 31 heavy (non-hydrogen) atoms. The van der Waals surface area contributed by atoms with Crippen molar-refractivity contribution in [2.45, 2.75) is 43.4 Å². The van der Waals surface area contributed by atoms with Crippen molar-refractivity contribution < 1.29 is 22.7 Å². The predicted molar refractivity (Wildman–Crippen MR) is 120 cm³/mol. The Balaban J connectivity index is 1.34. The number of carbonyl (C=O) groups excluding carboxylic acids is 1. The van der Waals surface area contributed by atoms with E-state index in [0.29, 0.717) is 16.6 Å². The monoisotopic (exact) mass is 445 g/mol. The molecule has 6 nitrogen and oxygen atoms in total. The molecule has 168 valence electrons. The molecule has 2 aromatic rings. The van der Waals surface area contributed by atoms with Gasteiger partial charge in [0.05, 0.1) is 12.0 Å². The maximum Gasteiger partial charge on any atom is 0.415 e. The van der Waals surface area contributed by atoms with Gasteiger partial charge >= 0.3 is 6.09 Å². The normalized spacial score (nSPS) is 15.0. The van der Waals surface area contributed by atoms with Gasteiger partial charge in [-0.15, -0.1) is 0 Å². The van der Waals surface area contributed by atoms with Gasteiger partial charge in [-0.05, 0) is 73.6 Å². The molecule has 1 heterocycles. The first-order valence-corrected chi connectivity index (χ1v) is 12.6. The second-order valence-electron chi connectivity index (χ2n) is 8.14. The highest BCUT2D eigenvalue weighted by Crippen LogP contribution is 2.25. The van der Waals surface area contributed by atoms with Crippen LogP contribution in [0.2, 0.25) is 0 Å². The summed E-state index contributed by atoms with van der Waals surface area (Å²) in [7, 11) is -1.53. The number of amides is 1. The number of piperidine rings is 1. The number of unbranched alkanes of at least 4 members (excludes halogenated alkanes) is 1. The highest BCUT2D eigenvalue weighted by atomic mass is 32.2. The number of carbonyl (C=O) groups is 1. The summed E-state index contributed by atoms with van der Waals surface area (Å²) in [5.74, 6) is 1.89. The minimum Gasteiger partial charge on any atom is -0.497 e. The van der Waals surface area contributed by atoms with E-state index in [0.717, 1.165) is 57.4 Å². The number of sulfone groups is 1. The van der Waals surface area contributed by atoms with Gasteiger partial charge in [-0.2, -0.15) is 0 Å². The van der Waals surface area contributed by atoms with Gasteiger partial charge in [0, 0.05) is 19.3 Å². The van der Waals surface area contributed by atoms with Gasteiger partial charge in [0.15, 0.2) is 9.84 Å². The van der Waals surface area contributed by atoms with Crippen LogP contribution in [0, 0.1) is 5.92 Å². The van der Waals surface area contributed by atoms with Crippen molar-refractivity contribution in [2.24, 2.45) is 5.92 Å². The maximum atomic E-state index is 12.4. The van der Waals surface area contributed by atoms with Crippen LogP contribution in [0.25, 0.3) is 0 Å². The van der Waals surface area contributed by atoms with Crippen LogP contribution in [0.5, 0.6) is 11.5 Å². The van der Waals surface area contributed by atoms with Gasteiger partial charge in [-0.1, -0.05) is 25.0 Å². The molecule has 1 aliphatic rings. The zero-order chi connectivity index (χ0) is 22.3. The molecule has 0 N–H and O–H groups in total. The van der Waals surface area contributed by atoms with Crippen LogP contribution in [-0.2, 0) is 16.3 Å². The number of aryl methyl sites for hydroxylation is 1. The van der Waals surface area contributed by atoms with E-state index >= 15 is 0 Å². The Labute approximate surface area is 185 Å². The number of methoxy groups -OCH3 is 1. The predicted octanol–water partition coefficient (Wildman–Crippen LogP) is 4.72. The van der Waals surface area contributed by atoms with Crippen LogP contribution in [-0.4, -0.2) is 45.9 Å². The Morgan fingerprint density at radius 3 is 2.16 bits per heavy atom. The molecular weight excluding hydrogens is 414 g/mol. The van der Waals surface area contributed by atoms with Gasteiger partial charge < -0.3 is 14.4 Å². The Morgan fingerprint density at radius 1 is 0.968 bits per heavy atom. The van der Waals surface area contributed by atoms with E-state index in [1.165, 1.54) is 11.8 Å². The molecule has 0 atom stereocenters. The third-order valence-corrected chi connectivity index (χ3v) is 6.95. The van der Waals surface area contributed by atoms with Crippen molar-refractivity contribution in [2.75, 3.05) is 26.5 Å². The van der Waals surface area contributed by atoms with Gasteiger partial charge in [-0.3, -0.25) is 0 Å². The molecular formula is C24H31NO5S. The second-order valence-corrected chi connectivity index (χ2v) is 10.2. The quantitative estimate of drug-likeness (QED) is 0.550. The first-order valence-electron chi connectivity index (χ1n) is 10.7. The Bertz CT molecular complexity index is 946. The van der Waals surface area contributed by atoms with Crippen LogP contribution in [0.3, 0.4) is 0 Å². The lowest BCUT2D eigenvalue weighted by Gasteiger charge is -2.31. The summed E-state index contributed by atoms with van der Waals surface area (Å²) < 4.78 is 33.6. The molecule has 3 rings (SSSR count). The fourth-order valence-electron chi connectivity index (χ4n) is 3.88. The molecule has 0 aromatic heterocycles. The molecule has 1 amide bonds. The van der Waals surface area contributed by atoms with E-state index in [2.05, 4.69) is 0 Å². The van der Waals surface area contributed by atoms with E-state index in [1.54, 1.807) is 48.4 Å². The lowest BCUT2D eigenvalue weighted by atomic mass is 9.91. The number of likely N-dealkylation sites (tertiary alicyclic amines) is 1. The van der Waals surface area contributed by atoms with Crippen molar-refractivity contribution in [1.82, 2.24) is 4.90 Å². The lowest BCUT2D eigenvalue weighted by Crippen LogP contribution is -2.40. The molecule has 0 unspecified atom stereocenters. The Morgan fingerprint density at radius 2 is 1.58 bits per heavy atom. The number of rotatable bonds is 8. The van der Waals surface area contributed by atoms with Crippen LogP contribution in [0.15, 0.2) is 53.4 Å². The summed E-state index contributed by atoms with van der Waals surface area (Å²) in [5, 5.41) is 0. The molecule has 0 aliphatic carbocycles. The highest BCUT2D eigenvalue weighted by molar-refractivity contribution is 7.90. The maximum absolute atomic E-state index is 12.4. The van der Waals surface area contributed by atoms with Crippen molar-refractivity contribution in [1.29, 1.82) is 0 Å². The van der Waals surface area contributed by atoms with Crippen molar-refractivity contribution in [3.8, 4) is 11.5 Å². The topological polar surface area (TPSA) is 72.9 Å². The molecule has 0 saturated carbocycles. The fraction of sp³-hybridized carbons (Fsp3) is 0.458. The van der Waals surface area contributed by atoms with E-state index in [1.807, 2.05) is 12.1 Å². The molecule has 1 saturated heterocycles. The summed E-state index contributed by atoms with van der Waals surface area (Å²) in [6, 6.07) is 14.2. The molecule has 7 heteroatoms. The van der Waals surface area contributed by atoms with Crippen LogP contribution < -0.4 is 9.47 Å². The van der Waals surface area contributed by atoms with Crippen molar-refractivity contribution in [3.05, 3.63) is 54.1 Å². The molecule has 1 fully saturated rings. The lowest BCUT2D eigenvalue weighted by molar-refractivity contribution is 0.129. The summed E-state index contributed by atoms with van der Waals surface area (Å²) in [6.45, 7) is 1.46. The molecule has 1 aliphatic heterocycles. The summed E-state index contributed by atoms with van der Waals surface area (Å²) in [6.07, 6.45) is 7.27. The largest absolute Gasteiger partial charge is 0.497 e. The summed E-state index contributed by atoms with van der Waals surface area (Å²) >= 11 is 0. The van der Waals surface area contributed by atoms with Gasteiger partial charge in [0.1, 0.15) is 11.5 Å². The highest BCUT2D eigenvalue weighted by Gasteiger charge is 2.23. The van der Waals surface area contributed by atoms with E-state index in [4.69, 9.17) is 9.47 Å². The average Bonchev–Trinajstić information content (AvgIpc) is 2.77. The first-order chi connectivity index (χ1) is 14.8. The number of ether oxygens (including phenoxy) is 2. The number of benzene rings is 2. The van der Waals surface area contributed by atoms with E-state index in [-0.39, 0.29) is 6.09 Å². The standard InChI is InChI=1S/C24H31NO5S/c1-29-21-9-11-22(12-10-21)30-24(26)25-17-15-20(16-18-25)6-4-3-5-19-7-13-23(14-8-19)31(2,27)28/h7-14,20H,3-6,15-18H2,1-2H3. The second kappa shape index (κ2) is 10.7. The van der Waals surface area contributed by atoms with Crippen LogP contribution in [0.4, 0.5) is 4.79 Å². The molecule has 2 aromatic carbocycles. The zero-order valence-corrected chi connectivity index (χ0v) is 19.1. The zero-order valence-electron chi connectivity index (χ0n) is 18.2. The third-order valence-electron chi connectivity index (χ3n) is 5.82.